The Morgan fingerprint density at radius 1 is 1.39 bits per heavy atom. The molecule has 2 aromatic rings. The Hall–Kier alpha value is -2.01. The van der Waals surface area contributed by atoms with E-state index in [4.69, 9.17) is 18.0 Å². The molecule has 0 atom stereocenters. The number of aryl methyl sites for hydroxylation is 1. The molecule has 0 bridgehead atoms. The Morgan fingerprint density at radius 3 is 2.83 bits per heavy atom. The van der Waals surface area contributed by atoms with Crippen LogP contribution in [-0.4, -0.2) is 15.2 Å². The smallest absolute Gasteiger partial charge is 0.104 e. The first-order valence-electron chi connectivity index (χ1n) is 5.58. The third-order valence-corrected chi connectivity index (χ3v) is 2.81. The van der Waals surface area contributed by atoms with E-state index in [2.05, 4.69) is 15.5 Å². The SMILES string of the molecule is Cc1cc(NCc2cccnn2)ccc1C(N)=S. The lowest BCUT2D eigenvalue weighted by molar-refractivity contribution is 0.925. The quantitative estimate of drug-likeness (QED) is 0.822. The number of aromatic nitrogens is 2. The highest BCUT2D eigenvalue weighted by atomic mass is 32.1. The van der Waals surface area contributed by atoms with Crippen molar-refractivity contribution in [2.24, 2.45) is 5.73 Å². The van der Waals surface area contributed by atoms with Crippen LogP contribution in [0.5, 0.6) is 0 Å². The molecule has 0 aliphatic heterocycles. The molecular weight excluding hydrogens is 244 g/mol. The summed E-state index contributed by atoms with van der Waals surface area (Å²) in [4.78, 5) is 0.424. The first kappa shape index (κ1) is 12.4. The van der Waals surface area contributed by atoms with Gasteiger partial charge in [0.25, 0.3) is 0 Å². The highest BCUT2D eigenvalue weighted by Gasteiger charge is 2.02. The molecule has 0 fully saturated rings. The zero-order valence-electron chi connectivity index (χ0n) is 10.1. The monoisotopic (exact) mass is 258 g/mol. The van der Waals surface area contributed by atoms with Gasteiger partial charge in [-0.2, -0.15) is 10.2 Å². The predicted molar refractivity (Wildman–Crippen MR) is 76.4 cm³/mol. The lowest BCUT2D eigenvalue weighted by atomic mass is 10.1. The average molecular weight is 258 g/mol. The maximum atomic E-state index is 5.62. The van der Waals surface area contributed by atoms with Gasteiger partial charge in [0, 0.05) is 17.4 Å². The van der Waals surface area contributed by atoms with E-state index >= 15 is 0 Å². The highest BCUT2D eigenvalue weighted by molar-refractivity contribution is 7.80. The van der Waals surface area contributed by atoms with Gasteiger partial charge in [0.15, 0.2) is 0 Å². The topological polar surface area (TPSA) is 63.8 Å². The summed E-state index contributed by atoms with van der Waals surface area (Å²) < 4.78 is 0. The van der Waals surface area contributed by atoms with Crippen LogP contribution in [0.2, 0.25) is 0 Å². The van der Waals surface area contributed by atoms with Gasteiger partial charge in [-0.15, -0.1) is 0 Å². The average Bonchev–Trinajstić information content (AvgIpc) is 2.37. The molecule has 92 valence electrons. The van der Waals surface area contributed by atoms with Crippen molar-refractivity contribution < 1.29 is 0 Å². The molecule has 5 heteroatoms. The maximum absolute atomic E-state index is 5.62. The summed E-state index contributed by atoms with van der Waals surface area (Å²) in [5, 5.41) is 11.1. The van der Waals surface area contributed by atoms with Crippen molar-refractivity contribution in [2.45, 2.75) is 13.5 Å². The molecule has 0 radical (unpaired) electrons. The number of nitrogens with two attached hydrogens (primary N) is 1. The summed E-state index contributed by atoms with van der Waals surface area (Å²) in [6.07, 6.45) is 1.66. The molecule has 0 aliphatic carbocycles. The minimum absolute atomic E-state index is 0.424. The number of anilines is 1. The van der Waals surface area contributed by atoms with Crippen molar-refractivity contribution in [1.82, 2.24) is 10.2 Å². The van der Waals surface area contributed by atoms with Gasteiger partial charge < -0.3 is 11.1 Å². The molecule has 1 aromatic heterocycles. The molecule has 0 aliphatic rings. The predicted octanol–water partition coefficient (Wildman–Crippen LogP) is 2.03. The lowest BCUT2D eigenvalue weighted by Crippen LogP contribution is -2.11. The zero-order chi connectivity index (χ0) is 13.0. The zero-order valence-corrected chi connectivity index (χ0v) is 10.9. The van der Waals surface area contributed by atoms with Crippen LogP contribution in [0, 0.1) is 6.92 Å². The summed E-state index contributed by atoms with van der Waals surface area (Å²) in [5.41, 5.74) is 9.51. The molecule has 18 heavy (non-hydrogen) atoms. The fourth-order valence-corrected chi connectivity index (χ4v) is 1.90. The highest BCUT2D eigenvalue weighted by Crippen LogP contribution is 2.15. The molecule has 0 spiro atoms. The molecule has 3 N–H and O–H groups in total. The first-order valence-corrected chi connectivity index (χ1v) is 5.98. The summed E-state index contributed by atoms with van der Waals surface area (Å²) in [7, 11) is 0. The number of rotatable bonds is 4. The van der Waals surface area contributed by atoms with Crippen LogP contribution in [0.15, 0.2) is 36.5 Å². The summed E-state index contributed by atoms with van der Waals surface area (Å²) in [6, 6.07) is 9.70. The third-order valence-electron chi connectivity index (χ3n) is 2.59. The maximum Gasteiger partial charge on any atom is 0.104 e. The number of thiocarbonyl (C=S) groups is 1. The second kappa shape index (κ2) is 5.55. The van der Waals surface area contributed by atoms with Gasteiger partial charge in [0.2, 0.25) is 0 Å². The number of hydrogen-bond donors (Lipinski definition) is 2. The van der Waals surface area contributed by atoms with E-state index < -0.39 is 0 Å². The molecule has 0 saturated heterocycles. The number of nitrogens with one attached hydrogen (secondary N) is 1. The van der Waals surface area contributed by atoms with Gasteiger partial charge >= 0.3 is 0 Å². The number of nitrogens with zero attached hydrogens (tertiary/aromatic N) is 2. The summed E-state index contributed by atoms with van der Waals surface area (Å²) in [5.74, 6) is 0. The molecule has 0 amide bonds. The molecule has 1 heterocycles. The summed E-state index contributed by atoms with van der Waals surface area (Å²) >= 11 is 4.97. The van der Waals surface area contributed by atoms with Gasteiger partial charge in [0.05, 0.1) is 12.2 Å². The van der Waals surface area contributed by atoms with Crippen molar-refractivity contribution in [2.75, 3.05) is 5.32 Å². The molecule has 0 unspecified atom stereocenters. The molecule has 1 aromatic carbocycles. The Bertz CT molecular complexity index is 554. The fourth-order valence-electron chi connectivity index (χ4n) is 1.67. The van der Waals surface area contributed by atoms with E-state index in [0.717, 1.165) is 22.5 Å². The van der Waals surface area contributed by atoms with E-state index in [1.165, 1.54) is 0 Å². The standard InChI is InChI=1S/C13H14N4S/c1-9-7-10(4-5-12(9)13(14)18)15-8-11-3-2-6-16-17-11/h2-7,15H,8H2,1H3,(H2,14,18). The fraction of sp³-hybridized carbons (Fsp3) is 0.154. The van der Waals surface area contributed by atoms with E-state index in [9.17, 15) is 0 Å². The second-order valence-corrected chi connectivity index (χ2v) is 4.40. The van der Waals surface area contributed by atoms with Crippen LogP contribution in [-0.2, 0) is 6.54 Å². The number of benzene rings is 1. The number of hydrogen-bond acceptors (Lipinski definition) is 4. The van der Waals surface area contributed by atoms with E-state index in [0.29, 0.717) is 11.5 Å². The van der Waals surface area contributed by atoms with Crippen LogP contribution in [0.1, 0.15) is 16.8 Å². The Morgan fingerprint density at radius 2 is 2.22 bits per heavy atom. The van der Waals surface area contributed by atoms with Gasteiger partial charge in [0.1, 0.15) is 4.99 Å². The van der Waals surface area contributed by atoms with Gasteiger partial charge in [-0.3, -0.25) is 0 Å². The summed E-state index contributed by atoms with van der Waals surface area (Å²) in [6.45, 7) is 2.63. The molecular formula is C13H14N4S. The van der Waals surface area contributed by atoms with Crippen LogP contribution in [0.4, 0.5) is 5.69 Å². The Balaban J connectivity index is 2.07. The van der Waals surface area contributed by atoms with Gasteiger partial charge in [-0.05, 0) is 42.8 Å². The first-order chi connectivity index (χ1) is 8.66. The normalized spacial score (nSPS) is 10.1. The molecule has 2 rings (SSSR count). The minimum Gasteiger partial charge on any atom is -0.389 e. The van der Waals surface area contributed by atoms with E-state index in [1.807, 2.05) is 37.3 Å². The van der Waals surface area contributed by atoms with E-state index in [-0.39, 0.29) is 0 Å². The van der Waals surface area contributed by atoms with Crippen LogP contribution in [0.3, 0.4) is 0 Å². The van der Waals surface area contributed by atoms with Crippen LogP contribution in [0.25, 0.3) is 0 Å². The van der Waals surface area contributed by atoms with E-state index in [1.54, 1.807) is 6.20 Å². The Labute approximate surface area is 111 Å². The largest absolute Gasteiger partial charge is 0.389 e. The third kappa shape index (κ3) is 3.01. The van der Waals surface area contributed by atoms with Gasteiger partial charge in [-0.1, -0.05) is 12.2 Å². The van der Waals surface area contributed by atoms with Crippen LogP contribution < -0.4 is 11.1 Å². The van der Waals surface area contributed by atoms with Crippen molar-refractivity contribution in [3.63, 3.8) is 0 Å². The minimum atomic E-state index is 0.424. The van der Waals surface area contributed by atoms with Crippen molar-refractivity contribution in [3.8, 4) is 0 Å². The van der Waals surface area contributed by atoms with Gasteiger partial charge in [-0.25, -0.2) is 0 Å². The van der Waals surface area contributed by atoms with Crippen molar-refractivity contribution in [3.05, 3.63) is 53.3 Å². The van der Waals surface area contributed by atoms with Crippen LogP contribution >= 0.6 is 12.2 Å². The van der Waals surface area contributed by atoms with Crippen molar-refractivity contribution in [1.29, 1.82) is 0 Å². The van der Waals surface area contributed by atoms with Crippen molar-refractivity contribution >= 4 is 22.9 Å². The molecule has 0 saturated carbocycles. The lowest BCUT2D eigenvalue weighted by Gasteiger charge is -2.09. The second-order valence-electron chi connectivity index (χ2n) is 3.96. The Kier molecular flexibility index (Phi) is 3.84. The molecule has 4 nitrogen and oxygen atoms in total.